The summed E-state index contributed by atoms with van der Waals surface area (Å²) < 4.78 is 0. The summed E-state index contributed by atoms with van der Waals surface area (Å²) in [4.78, 5) is 13.1. The van der Waals surface area contributed by atoms with Crippen molar-refractivity contribution in [3.8, 4) is 0 Å². The topological polar surface area (TPSA) is 89.0 Å². The molecular formula is C13H32Cl3N5O2. The molecule has 0 aliphatic rings. The Bertz CT molecular complexity index is 272. The van der Waals surface area contributed by atoms with Crippen LogP contribution in [0.4, 0.5) is 0 Å². The van der Waals surface area contributed by atoms with Crippen LogP contribution in [0.25, 0.3) is 0 Å². The van der Waals surface area contributed by atoms with Crippen LogP contribution in [0.1, 0.15) is 19.3 Å². The fraction of sp³-hybridized carbons (Fsp3) is 0.846. The number of rotatable bonds is 13. The first-order chi connectivity index (χ1) is 9.66. The number of halogens is 3. The third-order valence-corrected chi connectivity index (χ3v) is 2.67. The van der Waals surface area contributed by atoms with Crippen molar-refractivity contribution < 1.29 is 10.0 Å². The highest BCUT2D eigenvalue weighted by atomic mass is 35.5. The van der Waals surface area contributed by atoms with Crippen LogP contribution in [0.15, 0.2) is 5.16 Å². The van der Waals surface area contributed by atoms with Crippen molar-refractivity contribution in [2.75, 3.05) is 53.4 Å². The molecule has 0 rings (SSSR count). The maximum absolute atomic E-state index is 10.9. The van der Waals surface area contributed by atoms with Crippen LogP contribution in [0.3, 0.4) is 0 Å². The second-order valence-electron chi connectivity index (χ2n) is 4.90. The molecule has 0 radical (unpaired) electrons. The molecule has 142 valence electrons. The third kappa shape index (κ3) is 26.9. The quantitative estimate of drug-likeness (QED) is 0.160. The van der Waals surface area contributed by atoms with E-state index >= 15 is 0 Å². The first kappa shape index (κ1) is 30.6. The molecule has 0 saturated carbocycles. The van der Waals surface area contributed by atoms with Gasteiger partial charge in [-0.1, -0.05) is 5.16 Å². The molecule has 0 atom stereocenters. The molecule has 0 spiro atoms. The first-order valence-corrected chi connectivity index (χ1v) is 7.18. The van der Waals surface area contributed by atoms with Crippen molar-refractivity contribution in [3.63, 3.8) is 0 Å². The summed E-state index contributed by atoms with van der Waals surface area (Å²) in [6.45, 7) is 5.66. The minimum absolute atomic E-state index is 0. The molecule has 0 aromatic rings. The number of hydrogen-bond acceptors (Lipinski definition) is 6. The number of carbonyl (C=O) groups excluding carboxylic acids is 1. The van der Waals surface area contributed by atoms with Crippen molar-refractivity contribution in [1.29, 1.82) is 0 Å². The zero-order valence-electron chi connectivity index (χ0n) is 13.9. The van der Waals surface area contributed by atoms with Crippen LogP contribution in [0, 0.1) is 0 Å². The van der Waals surface area contributed by atoms with Gasteiger partial charge in [-0.25, -0.2) is 0 Å². The summed E-state index contributed by atoms with van der Waals surface area (Å²) in [5, 5.41) is 20.1. The molecule has 0 unspecified atom stereocenters. The lowest BCUT2D eigenvalue weighted by Crippen LogP contribution is -2.29. The van der Waals surface area contributed by atoms with Gasteiger partial charge in [0, 0.05) is 6.54 Å². The van der Waals surface area contributed by atoms with E-state index in [1.165, 1.54) is 6.42 Å². The number of hydrogen-bond donors (Lipinski definition) is 4. The highest BCUT2D eigenvalue weighted by molar-refractivity contribution is 6.25. The molecular weight excluding hydrogens is 365 g/mol. The number of oxime groups is 1. The number of nitrogens with zero attached hydrogens (tertiary/aromatic N) is 2. The van der Waals surface area contributed by atoms with E-state index in [1.807, 2.05) is 0 Å². The Morgan fingerprint density at radius 2 is 1.43 bits per heavy atom. The minimum Gasteiger partial charge on any atom is -0.411 e. The molecule has 7 nitrogen and oxygen atoms in total. The Balaban J connectivity index is -0.000000602. The Kier molecular flexibility index (Phi) is 31.8. The molecule has 0 heterocycles. The monoisotopic (exact) mass is 395 g/mol. The highest BCUT2D eigenvalue weighted by Crippen LogP contribution is 1.82. The lowest BCUT2D eigenvalue weighted by Gasteiger charge is -2.10. The summed E-state index contributed by atoms with van der Waals surface area (Å²) in [7, 11) is 4.17. The van der Waals surface area contributed by atoms with Gasteiger partial charge < -0.3 is 26.1 Å². The van der Waals surface area contributed by atoms with Crippen molar-refractivity contribution >= 4 is 49.3 Å². The highest BCUT2D eigenvalue weighted by Gasteiger charge is 1.95. The van der Waals surface area contributed by atoms with Crippen LogP contribution in [-0.2, 0) is 4.79 Å². The molecule has 23 heavy (non-hydrogen) atoms. The molecule has 4 N–H and O–H groups in total. The Hall–Kier alpha value is -0.310. The van der Waals surface area contributed by atoms with E-state index in [1.54, 1.807) is 0 Å². The second kappa shape index (κ2) is 23.9. The van der Waals surface area contributed by atoms with Gasteiger partial charge in [-0.15, -0.1) is 37.2 Å². The maximum Gasteiger partial charge on any atom is 0.265 e. The van der Waals surface area contributed by atoms with Crippen LogP contribution < -0.4 is 16.0 Å². The van der Waals surface area contributed by atoms with Gasteiger partial charge >= 0.3 is 0 Å². The van der Waals surface area contributed by atoms with E-state index < -0.39 is 0 Å². The molecule has 0 bridgehead atoms. The molecule has 10 heteroatoms. The number of nitrogens with one attached hydrogen (secondary N) is 3. The SMILES string of the molecule is CN(C)CCCNCCCNCCCNC(=O)C=NO.Cl.Cl.Cl. The summed E-state index contributed by atoms with van der Waals surface area (Å²) in [5.41, 5.74) is 0. The third-order valence-electron chi connectivity index (χ3n) is 2.67. The summed E-state index contributed by atoms with van der Waals surface area (Å²) in [5.74, 6) is -0.366. The predicted molar refractivity (Wildman–Crippen MR) is 103 cm³/mol. The van der Waals surface area contributed by atoms with Gasteiger partial charge in [-0.2, -0.15) is 0 Å². The number of carbonyl (C=O) groups is 1. The molecule has 0 aliphatic carbocycles. The molecule has 0 aromatic heterocycles. The van der Waals surface area contributed by atoms with Crippen LogP contribution in [-0.4, -0.2) is 75.6 Å². The lowest BCUT2D eigenvalue weighted by molar-refractivity contribution is -0.114. The molecule has 0 aliphatic heterocycles. The second-order valence-corrected chi connectivity index (χ2v) is 4.90. The van der Waals surface area contributed by atoms with Crippen molar-refractivity contribution in [2.24, 2.45) is 5.16 Å². The molecule has 0 aromatic carbocycles. The molecule has 0 saturated heterocycles. The fourth-order valence-electron chi connectivity index (χ4n) is 1.63. The number of amides is 1. The zero-order chi connectivity index (χ0) is 15.1. The zero-order valence-corrected chi connectivity index (χ0v) is 16.4. The van der Waals surface area contributed by atoms with E-state index in [0.29, 0.717) is 6.54 Å². The van der Waals surface area contributed by atoms with Gasteiger partial charge in [0.05, 0.1) is 0 Å². The van der Waals surface area contributed by atoms with Gasteiger partial charge in [-0.3, -0.25) is 4.79 Å². The summed E-state index contributed by atoms with van der Waals surface area (Å²) in [6, 6.07) is 0. The Morgan fingerprint density at radius 1 is 0.957 bits per heavy atom. The Morgan fingerprint density at radius 3 is 1.91 bits per heavy atom. The van der Waals surface area contributed by atoms with Gasteiger partial charge in [0.1, 0.15) is 6.21 Å². The van der Waals surface area contributed by atoms with Crippen molar-refractivity contribution in [2.45, 2.75) is 19.3 Å². The first-order valence-electron chi connectivity index (χ1n) is 7.18. The van der Waals surface area contributed by atoms with Crippen molar-refractivity contribution in [1.82, 2.24) is 20.9 Å². The molecule has 1 amide bonds. The fourth-order valence-corrected chi connectivity index (χ4v) is 1.63. The van der Waals surface area contributed by atoms with Gasteiger partial charge in [0.2, 0.25) is 0 Å². The summed E-state index contributed by atoms with van der Waals surface area (Å²) in [6.07, 6.45) is 4.00. The van der Waals surface area contributed by atoms with Gasteiger partial charge in [0.15, 0.2) is 0 Å². The van der Waals surface area contributed by atoms with Crippen LogP contribution in [0.2, 0.25) is 0 Å². The van der Waals surface area contributed by atoms with Gasteiger partial charge in [0.25, 0.3) is 5.91 Å². The van der Waals surface area contributed by atoms with E-state index in [2.05, 4.69) is 40.1 Å². The predicted octanol–water partition coefficient (Wildman–Crippen LogP) is 0.739. The van der Waals surface area contributed by atoms with Crippen molar-refractivity contribution in [3.05, 3.63) is 0 Å². The summed E-state index contributed by atoms with van der Waals surface area (Å²) >= 11 is 0. The molecule has 0 fully saturated rings. The Labute approximate surface area is 158 Å². The minimum atomic E-state index is -0.366. The van der Waals surface area contributed by atoms with E-state index in [-0.39, 0.29) is 43.1 Å². The lowest BCUT2D eigenvalue weighted by atomic mass is 10.3. The average Bonchev–Trinajstić information content (AvgIpc) is 2.40. The van der Waals surface area contributed by atoms with Gasteiger partial charge in [-0.05, 0) is 66.1 Å². The maximum atomic E-state index is 10.9. The standard InChI is InChI=1S/C13H29N5O2.3ClH/c1-18(2)11-5-9-15-7-3-6-14-8-4-10-16-13(19)12-17-20;;;/h12,14-15,20H,3-11H2,1-2H3,(H,16,19);3*1H. The largest absolute Gasteiger partial charge is 0.411 e. The van der Waals surface area contributed by atoms with E-state index in [9.17, 15) is 4.79 Å². The van der Waals surface area contributed by atoms with Crippen LogP contribution in [0.5, 0.6) is 0 Å². The van der Waals surface area contributed by atoms with Crippen LogP contribution >= 0.6 is 37.2 Å². The van der Waals surface area contributed by atoms with E-state index in [4.69, 9.17) is 5.21 Å². The van der Waals surface area contributed by atoms with E-state index in [0.717, 1.165) is 51.8 Å². The normalized spacial score (nSPS) is 9.87. The smallest absolute Gasteiger partial charge is 0.265 e. The average molecular weight is 397 g/mol.